The van der Waals surface area contributed by atoms with Crippen LogP contribution in [0.2, 0.25) is 0 Å². The van der Waals surface area contributed by atoms with Crippen molar-refractivity contribution in [3.05, 3.63) is 52.9 Å². The second-order valence-electron chi connectivity index (χ2n) is 3.70. The van der Waals surface area contributed by atoms with Crippen molar-refractivity contribution in [2.45, 2.75) is 13.5 Å². The first-order chi connectivity index (χ1) is 7.84. The van der Waals surface area contributed by atoms with Crippen LogP contribution in [0.3, 0.4) is 0 Å². The molecule has 4 nitrogen and oxygen atoms in total. The van der Waals surface area contributed by atoms with Gasteiger partial charge in [-0.25, -0.2) is 0 Å². The summed E-state index contributed by atoms with van der Waals surface area (Å²) in [6.45, 7) is 2.38. The summed E-state index contributed by atoms with van der Waals surface area (Å²) in [6.07, 6.45) is 0. The lowest BCUT2D eigenvalue weighted by atomic mass is 10.0. The predicted molar refractivity (Wildman–Crippen MR) is 58.1 cm³/mol. The number of fused-ring (bicyclic) bond motifs is 1. The van der Waals surface area contributed by atoms with Crippen LogP contribution in [0, 0.1) is 6.92 Å². The van der Waals surface area contributed by atoms with Crippen molar-refractivity contribution in [1.29, 1.82) is 0 Å². The number of hydrogen-bond acceptors (Lipinski definition) is 4. The van der Waals surface area contributed by atoms with E-state index >= 15 is 0 Å². The summed E-state index contributed by atoms with van der Waals surface area (Å²) in [5.74, 6) is 0.643. The number of hydrogen-bond donors (Lipinski definition) is 0. The summed E-state index contributed by atoms with van der Waals surface area (Å²) in [4.78, 5) is 5.17. The van der Waals surface area contributed by atoms with E-state index in [4.69, 9.17) is 9.36 Å². The molecule has 0 aliphatic carbocycles. The normalized spacial score (nSPS) is 13.9. The molecule has 0 bridgehead atoms. The molecule has 0 spiro atoms. The third-order valence-corrected chi connectivity index (χ3v) is 2.51. The van der Waals surface area contributed by atoms with Gasteiger partial charge < -0.3 is 9.36 Å². The molecule has 1 aromatic heterocycles. The van der Waals surface area contributed by atoms with Crippen molar-refractivity contribution >= 4 is 5.71 Å². The summed E-state index contributed by atoms with van der Waals surface area (Å²) < 4.78 is 5.20. The van der Waals surface area contributed by atoms with Crippen LogP contribution in [0.25, 0.3) is 0 Å². The van der Waals surface area contributed by atoms with Crippen LogP contribution in [0.1, 0.15) is 22.6 Å². The van der Waals surface area contributed by atoms with Gasteiger partial charge in [-0.1, -0.05) is 34.6 Å². The van der Waals surface area contributed by atoms with Gasteiger partial charge in [0.15, 0.2) is 11.5 Å². The predicted octanol–water partition coefficient (Wildman–Crippen LogP) is 2.27. The van der Waals surface area contributed by atoms with E-state index in [2.05, 4.69) is 10.3 Å². The first-order valence-corrected chi connectivity index (χ1v) is 5.06. The molecule has 0 saturated heterocycles. The Kier molecular flexibility index (Phi) is 1.99. The molecular weight excluding hydrogens is 204 g/mol. The smallest absolute Gasteiger partial charge is 0.189 e. The van der Waals surface area contributed by atoms with Crippen molar-refractivity contribution < 1.29 is 9.36 Å². The highest BCUT2D eigenvalue weighted by Crippen LogP contribution is 2.21. The highest BCUT2D eigenvalue weighted by molar-refractivity contribution is 6.12. The van der Waals surface area contributed by atoms with Crippen LogP contribution in [-0.2, 0) is 11.4 Å². The molecule has 1 aliphatic heterocycles. The second kappa shape index (κ2) is 3.48. The Labute approximate surface area is 92.5 Å². The fourth-order valence-corrected chi connectivity index (χ4v) is 1.75. The number of benzene rings is 1. The molecule has 4 heteroatoms. The van der Waals surface area contributed by atoms with Gasteiger partial charge in [-0.15, -0.1) is 0 Å². The minimum atomic E-state index is 0.507. The lowest BCUT2D eigenvalue weighted by molar-refractivity contribution is 0.125. The minimum absolute atomic E-state index is 0.507. The molecule has 0 saturated carbocycles. The summed E-state index contributed by atoms with van der Waals surface area (Å²) >= 11 is 0. The zero-order valence-electron chi connectivity index (χ0n) is 8.80. The van der Waals surface area contributed by atoms with Gasteiger partial charge >= 0.3 is 0 Å². The zero-order valence-corrected chi connectivity index (χ0v) is 8.80. The van der Waals surface area contributed by atoms with Gasteiger partial charge in [0.25, 0.3) is 0 Å². The highest BCUT2D eigenvalue weighted by Gasteiger charge is 2.19. The number of aryl methyl sites for hydroxylation is 1. The third kappa shape index (κ3) is 1.39. The number of oxime groups is 1. The van der Waals surface area contributed by atoms with E-state index in [1.54, 1.807) is 0 Å². The minimum Gasteiger partial charge on any atom is -0.390 e. The summed E-state index contributed by atoms with van der Waals surface area (Å²) in [7, 11) is 0. The SMILES string of the molecule is Cc1cc(C2=NOCc3ccccc32)on1. The summed E-state index contributed by atoms with van der Waals surface area (Å²) in [5.41, 5.74) is 3.70. The van der Waals surface area contributed by atoms with Gasteiger partial charge in [0.05, 0.1) is 5.69 Å². The van der Waals surface area contributed by atoms with E-state index in [9.17, 15) is 0 Å². The van der Waals surface area contributed by atoms with Crippen LogP contribution in [-0.4, -0.2) is 10.9 Å². The monoisotopic (exact) mass is 214 g/mol. The summed E-state index contributed by atoms with van der Waals surface area (Å²) in [5, 5.41) is 7.89. The fourth-order valence-electron chi connectivity index (χ4n) is 1.75. The molecule has 0 unspecified atom stereocenters. The maximum absolute atomic E-state index is 5.20. The van der Waals surface area contributed by atoms with Crippen molar-refractivity contribution in [1.82, 2.24) is 5.16 Å². The van der Waals surface area contributed by atoms with E-state index in [0.717, 1.165) is 16.8 Å². The Morgan fingerprint density at radius 1 is 1.25 bits per heavy atom. The molecule has 3 rings (SSSR count). The number of aromatic nitrogens is 1. The molecule has 80 valence electrons. The molecule has 0 fully saturated rings. The van der Waals surface area contributed by atoms with E-state index in [1.807, 2.05) is 37.3 Å². The first-order valence-electron chi connectivity index (χ1n) is 5.06. The molecule has 1 aromatic carbocycles. The van der Waals surface area contributed by atoms with E-state index in [1.165, 1.54) is 0 Å². The van der Waals surface area contributed by atoms with Gasteiger partial charge in [0.1, 0.15) is 6.61 Å². The van der Waals surface area contributed by atoms with Gasteiger partial charge in [-0.2, -0.15) is 0 Å². The second-order valence-corrected chi connectivity index (χ2v) is 3.70. The van der Waals surface area contributed by atoms with E-state index in [-0.39, 0.29) is 0 Å². The van der Waals surface area contributed by atoms with E-state index in [0.29, 0.717) is 18.1 Å². The van der Waals surface area contributed by atoms with Gasteiger partial charge in [-0.3, -0.25) is 0 Å². The third-order valence-electron chi connectivity index (χ3n) is 2.51. The van der Waals surface area contributed by atoms with Gasteiger partial charge in [0.2, 0.25) is 0 Å². The molecule has 16 heavy (non-hydrogen) atoms. The molecule has 2 aromatic rings. The molecule has 0 N–H and O–H groups in total. The van der Waals surface area contributed by atoms with Crippen LogP contribution >= 0.6 is 0 Å². The highest BCUT2D eigenvalue weighted by atomic mass is 16.6. The Hall–Kier alpha value is -2.10. The van der Waals surface area contributed by atoms with Gasteiger partial charge in [-0.05, 0) is 6.92 Å². The molecule has 1 aliphatic rings. The Morgan fingerprint density at radius 3 is 2.94 bits per heavy atom. The molecule has 0 radical (unpaired) electrons. The van der Waals surface area contributed by atoms with Crippen LogP contribution in [0.4, 0.5) is 0 Å². The van der Waals surface area contributed by atoms with Crippen LogP contribution < -0.4 is 0 Å². The molecule has 0 amide bonds. The van der Waals surface area contributed by atoms with Crippen molar-refractivity contribution in [2.75, 3.05) is 0 Å². The Balaban J connectivity index is 2.12. The lowest BCUT2D eigenvalue weighted by Gasteiger charge is -2.13. The van der Waals surface area contributed by atoms with Crippen molar-refractivity contribution in [3.8, 4) is 0 Å². The number of nitrogens with zero attached hydrogens (tertiary/aromatic N) is 2. The van der Waals surface area contributed by atoms with Gasteiger partial charge in [0, 0.05) is 17.2 Å². The topological polar surface area (TPSA) is 47.6 Å². The zero-order chi connectivity index (χ0) is 11.0. The maximum Gasteiger partial charge on any atom is 0.189 e. The van der Waals surface area contributed by atoms with E-state index < -0.39 is 0 Å². The van der Waals surface area contributed by atoms with Crippen LogP contribution in [0.15, 0.2) is 40.0 Å². The molecule has 0 atom stereocenters. The standard InChI is InChI=1S/C12H10N2O2/c1-8-6-11(16-13-8)12-10-5-3-2-4-9(10)7-15-14-12/h2-6H,7H2,1H3. The fraction of sp³-hybridized carbons (Fsp3) is 0.167. The average molecular weight is 214 g/mol. The van der Waals surface area contributed by atoms with Crippen LogP contribution in [0.5, 0.6) is 0 Å². The molecular formula is C12H10N2O2. The van der Waals surface area contributed by atoms with Crippen molar-refractivity contribution in [3.63, 3.8) is 0 Å². The maximum atomic E-state index is 5.20. The Bertz CT molecular complexity index is 558. The average Bonchev–Trinajstić information content (AvgIpc) is 2.75. The summed E-state index contributed by atoms with van der Waals surface area (Å²) in [6, 6.07) is 9.84. The number of rotatable bonds is 1. The molecule has 2 heterocycles. The lowest BCUT2D eigenvalue weighted by Crippen LogP contribution is -2.12. The first kappa shape index (κ1) is 9.15. The quantitative estimate of drug-likeness (QED) is 0.731. The Morgan fingerprint density at radius 2 is 2.12 bits per heavy atom. The van der Waals surface area contributed by atoms with Crippen molar-refractivity contribution in [2.24, 2.45) is 5.16 Å². The largest absolute Gasteiger partial charge is 0.390 e.